The largest absolute Gasteiger partial charge is 0.366 e. The molecule has 0 radical (unpaired) electrons. The molecule has 0 unspecified atom stereocenters. The minimum Gasteiger partial charge on any atom is -0.366 e. The molecule has 0 saturated heterocycles. The average Bonchev–Trinajstić information content (AvgIpc) is 2.49. The lowest BCUT2D eigenvalue weighted by Gasteiger charge is -2.08. The van der Waals surface area contributed by atoms with Crippen LogP contribution in [-0.2, 0) is 0 Å². The molecular weight excluding hydrogens is 278 g/mol. The first-order valence-electron chi connectivity index (χ1n) is 6.04. The number of para-hydroxylation sites is 1. The molecule has 1 aromatic heterocycles. The molecule has 2 aromatic rings. The monoisotopic (exact) mass is 290 g/mol. The Balaban J connectivity index is 2.18. The van der Waals surface area contributed by atoms with Crippen molar-refractivity contribution in [1.29, 1.82) is 0 Å². The fourth-order valence-electron chi connectivity index (χ4n) is 1.55. The minimum absolute atomic E-state index is 0.0146. The SMILES string of the molecule is C=CCNc1cc(C(=O)Nc2c(F)cccc2F)ncn1. The van der Waals surface area contributed by atoms with Gasteiger partial charge in [0.15, 0.2) is 0 Å². The predicted molar refractivity (Wildman–Crippen MR) is 75.0 cm³/mol. The number of amides is 1. The lowest BCUT2D eigenvalue weighted by atomic mass is 10.2. The molecule has 2 N–H and O–H groups in total. The van der Waals surface area contributed by atoms with Crippen molar-refractivity contribution in [2.45, 2.75) is 0 Å². The van der Waals surface area contributed by atoms with E-state index in [1.165, 1.54) is 18.5 Å². The van der Waals surface area contributed by atoms with Crippen molar-refractivity contribution in [3.63, 3.8) is 0 Å². The van der Waals surface area contributed by atoms with E-state index in [0.717, 1.165) is 12.1 Å². The van der Waals surface area contributed by atoms with Crippen LogP contribution in [0.2, 0.25) is 0 Å². The van der Waals surface area contributed by atoms with Gasteiger partial charge in [0.05, 0.1) is 0 Å². The van der Waals surface area contributed by atoms with E-state index in [4.69, 9.17) is 0 Å². The Morgan fingerprint density at radius 1 is 1.29 bits per heavy atom. The second-order valence-corrected chi connectivity index (χ2v) is 4.01. The smallest absolute Gasteiger partial charge is 0.274 e. The van der Waals surface area contributed by atoms with Crippen molar-refractivity contribution in [3.8, 4) is 0 Å². The zero-order valence-corrected chi connectivity index (χ0v) is 10.9. The third-order valence-corrected chi connectivity index (χ3v) is 2.53. The van der Waals surface area contributed by atoms with Crippen LogP contribution in [0.25, 0.3) is 0 Å². The molecule has 7 heteroatoms. The predicted octanol–water partition coefficient (Wildman–Crippen LogP) is 2.61. The molecule has 21 heavy (non-hydrogen) atoms. The summed E-state index contributed by atoms with van der Waals surface area (Å²) >= 11 is 0. The molecular formula is C14H12F2N4O. The van der Waals surface area contributed by atoms with Gasteiger partial charge in [-0.25, -0.2) is 18.7 Å². The average molecular weight is 290 g/mol. The van der Waals surface area contributed by atoms with E-state index >= 15 is 0 Å². The number of hydrogen-bond donors (Lipinski definition) is 2. The summed E-state index contributed by atoms with van der Waals surface area (Å²) in [6.07, 6.45) is 2.80. The molecule has 0 fully saturated rings. The van der Waals surface area contributed by atoms with Crippen molar-refractivity contribution in [2.75, 3.05) is 17.2 Å². The van der Waals surface area contributed by atoms with Gasteiger partial charge in [0.2, 0.25) is 0 Å². The number of carbonyl (C=O) groups excluding carboxylic acids is 1. The topological polar surface area (TPSA) is 66.9 Å². The Bertz CT molecular complexity index is 656. The number of nitrogens with zero attached hydrogens (tertiary/aromatic N) is 2. The molecule has 2 rings (SSSR count). The van der Waals surface area contributed by atoms with Crippen LogP contribution in [0, 0.1) is 11.6 Å². The molecule has 0 bridgehead atoms. The molecule has 0 aliphatic heterocycles. The first-order valence-corrected chi connectivity index (χ1v) is 6.04. The quantitative estimate of drug-likeness (QED) is 0.831. The third kappa shape index (κ3) is 3.59. The Morgan fingerprint density at radius 2 is 2.00 bits per heavy atom. The lowest BCUT2D eigenvalue weighted by Crippen LogP contribution is -2.16. The second-order valence-electron chi connectivity index (χ2n) is 4.01. The molecule has 0 atom stereocenters. The fraction of sp³-hybridized carbons (Fsp3) is 0.0714. The molecule has 0 aliphatic carbocycles. The third-order valence-electron chi connectivity index (χ3n) is 2.53. The summed E-state index contributed by atoms with van der Waals surface area (Å²) in [4.78, 5) is 19.6. The van der Waals surface area contributed by atoms with E-state index in [1.54, 1.807) is 6.08 Å². The van der Waals surface area contributed by atoms with Gasteiger partial charge in [0, 0.05) is 12.6 Å². The van der Waals surface area contributed by atoms with E-state index in [0.29, 0.717) is 12.4 Å². The number of nitrogens with one attached hydrogen (secondary N) is 2. The molecule has 1 amide bonds. The van der Waals surface area contributed by atoms with Crippen molar-refractivity contribution in [3.05, 3.63) is 60.6 Å². The normalized spacial score (nSPS) is 10.0. The zero-order valence-electron chi connectivity index (χ0n) is 10.9. The number of carbonyl (C=O) groups is 1. The van der Waals surface area contributed by atoms with Crippen LogP contribution in [-0.4, -0.2) is 22.4 Å². The number of benzene rings is 1. The summed E-state index contributed by atoms with van der Waals surface area (Å²) in [7, 11) is 0. The second kappa shape index (κ2) is 6.56. The van der Waals surface area contributed by atoms with Crippen molar-refractivity contribution >= 4 is 17.4 Å². The standard InChI is InChI=1S/C14H12F2N4O/c1-2-6-17-12-7-11(18-8-19-12)14(21)20-13-9(15)4-3-5-10(13)16/h2-5,7-8H,1,6H2,(H,20,21)(H,17,18,19). The highest BCUT2D eigenvalue weighted by Gasteiger charge is 2.14. The molecule has 0 aliphatic rings. The minimum atomic E-state index is -0.859. The summed E-state index contributed by atoms with van der Waals surface area (Å²) in [5.41, 5.74) is -0.527. The molecule has 1 heterocycles. The summed E-state index contributed by atoms with van der Waals surface area (Å²) < 4.78 is 26.9. The van der Waals surface area contributed by atoms with Crippen LogP contribution in [0.15, 0.2) is 43.2 Å². The number of rotatable bonds is 5. The molecule has 0 spiro atoms. The fourth-order valence-corrected chi connectivity index (χ4v) is 1.55. The molecule has 108 valence electrons. The van der Waals surface area contributed by atoms with E-state index in [9.17, 15) is 13.6 Å². The maximum atomic E-state index is 13.5. The molecule has 1 aromatic carbocycles. The Labute approximate surface area is 119 Å². The summed E-state index contributed by atoms with van der Waals surface area (Å²) in [5.74, 6) is -2.04. The van der Waals surface area contributed by atoms with E-state index < -0.39 is 23.2 Å². The highest BCUT2D eigenvalue weighted by atomic mass is 19.1. The highest BCUT2D eigenvalue weighted by molar-refractivity contribution is 6.03. The van der Waals surface area contributed by atoms with Gasteiger partial charge in [-0.15, -0.1) is 6.58 Å². The first-order chi connectivity index (χ1) is 10.1. The van der Waals surface area contributed by atoms with Crippen molar-refractivity contribution < 1.29 is 13.6 Å². The van der Waals surface area contributed by atoms with Gasteiger partial charge in [0.1, 0.15) is 35.2 Å². The van der Waals surface area contributed by atoms with Gasteiger partial charge in [-0.2, -0.15) is 0 Å². The molecule has 0 saturated carbocycles. The Hall–Kier alpha value is -2.83. The van der Waals surface area contributed by atoms with Gasteiger partial charge >= 0.3 is 0 Å². The number of halogens is 2. The van der Waals surface area contributed by atoms with Gasteiger partial charge in [-0.05, 0) is 12.1 Å². The van der Waals surface area contributed by atoms with Gasteiger partial charge < -0.3 is 10.6 Å². The summed E-state index contributed by atoms with van der Waals surface area (Å²) in [6, 6.07) is 4.69. The van der Waals surface area contributed by atoms with Crippen LogP contribution in [0.1, 0.15) is 10.5 Å². The van der Waals surface area contributed by atoms with Crippen LogP contribution >= 0.6 is 0 Å². The van der Waals surface area contributed by atoms with Crippen LogP contribution in [0.4, 0.5) is 20.3 Å². The highest BCUT2D eigenvalue weighted by Crippen LogP contribution is 2.18. The van der Waals surface area contributed by atoms with Gasteiger partial charge in [0.25, 0.3) is 5.91 Å². The van der Waals surface area contributed by atoms with Crippen LogP contribution < -0.4 is 10.6 Å². The number of hydrogen-bond acceptors (Lipinski definition) is 4. The zero-order chi connectivity index (χ0) is 15.2. The summed E-state index contributed by atoms with van der Waals surface area (Å²) in [5, 5.41) is 5.03. The van der Waals surface area contributed by atoms with Crippen molar-refractivity contribution in [1.82, 2.24) is 9.97 Å². The maximum Gasteiger partial charge on any atom is 0.274 e. The Kier molecular flexibility index (Phi) is 4.55. The van der Waals surface area contributed by atoms with E-state index in [2.05, 4.69) is 27.2 Å². The Morgan fingerprint density at radius 3 is 2.67 bits per heavy atom. The van der Waals surface area contributed by atoms with E-state index in [-0.39, 0.29) is 5.69 Å². The number of aromatic nitrogens is 2. The van der Waals surface area contributed by atoms with Crippen LogP contribution in [0.5, 0.6) is 0 Å². The van der Waals surface area contributed by atoms with E-state index in [1.807, 2.05) is 0 Å². The van der Waals surface area contributed by atoms with Crippen LogP contribution in [0.3, 0.4) is 0 Å². The number of anilines is 2. The van der Waals surface area contributed by atoms with Gasteiger partial charge in [-0.1, -0.05) is 12.1 Å². The maximum absolute atomic E-state index is 13.5. The summed E-state index contributed by atoms with van der Waals surface area (Å²) in [6.45, 7) is 4.00. The first kappa shape index (κ1) is 14.6. The van der Waals surface area contributed by atoms with Gasteiger partial charge in [-0.3, -0.25) is 4.79 Å². The lowest BCUT2D eigenvalue weighted by molar-refractivity contribution is 0.102. The molecule has 5 nitrogen and oxygen atoms in total. The van der Waals surface area contributed by atoms with Crippen molar-refractivity contribution in [2.24, 2.45) is 0 Å².